The third-order valence-corrected chi connectivity index (χ3v) is 2.03. The van der Waals surface area contributed by atoms with E-state index in [0.717, 1.165) is 7.11 Å². The minimum absolute atomic E-state index is 0.363. The van der Waals surface area contributed by atoms with Gasteiger partial charge in [0.1, 0.15) is 7.11 Å². The summed E-state index contributed by atoms with van der Waals surface area (Å²) < 4.78 is 36.9. The second-order valence-electron chi connectivity index (χ2n) is 2.66. The van der Waals surface area contributed by atoms with Crippen LogP contribution in [0.3, 0.4) is 0 Å². The van der Waals surface area contributed by atoms with Gasteiger partial charge < -0.3 is 9.29 Å². The number of esters is 1. The van der Waals surface area contributed by atoms with Crippen molar-refractivity contribution in [3.05, 3.63) is 30.1 Å². The van der Waals surface area contributed by atoms with Crippen molar-refractivity contribution in [3.63, 3.8) is 0 Å². The van der Waals surface area contributed by atoms with Crippen molar-refractivity contribution >= 4 is 16.4 Å². The highest BCUT2D eigenvalue weighted by molar-refractivity contribution is 7.80. The van der Waals surface area contributed by atoms with Gasteiger partial charge in [-0.2, -0.15) is 0 Å². The molecule has 1 heterocycles. The van der Waals surface area contributed by atoms with Gasteiger partial charge >= 0.3 is 11.7 Å². The summed E-state index contributed by atoms with van der Waals surface area (Å²) in [5.74, 6) is -0.419. The van der Waals surface area contributed by atoms with E-state index < -0.39 is 16.4 Å². The maximum Gasteiger partial charge on any atom is 0.408 e. The van der Waals surface area contributed by atoms with Crippen LogP contribution in [0.5, 0.6) is 0 Å². The topological polar surface area (TPSA) is 106 Å². The van der Waals surface area contributed by atoms with Crippen LogP contribution < -0.4 is 9.57 Å². The number of ether oxygens (including phenoxy) is 1. The molecule has 0 aromatic carbocycles. The SMILES string of the molecule is COC(=O)c1cccc[n+]1OC.COS(=O)(=O)[O-]. The van der Waals surface area contributed by atoms with Crippen LogP contribution in [0.15, 0.2) is 24.4 Å². The normalized spacial score (nSPS) is 10.0. The van der Waals surface area contributed by atoms with Crippen LogP contribution in [0.2, 0.25) is 0 Å². The Kier molecular flexibility index (Phi) is 6.86. The van der Waals surface area contributed by atoms with Gasteiger partial charge in [0, 0.05) is 16.9 Å². The van der Waals surface area contributed by atoms with Crippen molar-refractivity contribution in [2.75, 3.05) is 21.3 Å². The zero-order valence-electron chi connectivity index (χ0n) is 10.0. The molecule has 0 aliphatic rings. The van der Waals surface area contributed by atoms with Crippen LogP contribution in [0.25, 0.3) is 0 Å². The van der Waals surface area contributed by atoms with Gasteiger partial charge in [-0.1, -0.05) is 0 Å². The average Bonchev–Trinajstić information content (AvgIpc) is 2.37. The van der Waals surface area contributed by atoms with Crippen LogP contribution in [0, 0.1) is 0 Å². The van der Waals surface area contributed by atoms with Crippen molar-refractivity contribution in [1.82, 2.24) is 0 Å². The van der Waals surface area contributed by atoms with Gasteiger partial charge in [0.25, 0.3) is 0 Å². The zero-order valence-corrected chi connectivity index (χ0v) is 10.8. The first kappa shape index (κ1) is 16.3. The fourth-order valence-electron chi connectivity index (χ4n) is 0.850. The molecular formula is C9H13NO7S. The zero-order chi connectivity index (χ0) is 14.2. The lowest BCUT2D eigenvalue weighted by Crippen LogP contribution is -2.45. The van der Waals surface area contributed by atoms with Gasteiger partial charge in [0.2, 0.25) is 16.6 Å². The van der Waals surface area contributed by atoms with E-state index in [4.69, 9.17) is 4.84 Å². The van der Waals surface area contributed by atoms with Gasteiger partial charge in [0.15, 0.2) is 0 Å². The second-order valence-corrected chi connectivity index (χ2v) is 3.81. The fraction of sp³-hybridized carbons (Fsp3) is 0.333. The van der Waals surface area contributed by atoms with E-state index in [1.54, 1.807) is 24.4 Å². The molecule has 0 saturated carbocycles. The molecule has 0 radical (unpaired) electrons. The molecule has 0 saturated heterocycles. The van der Waals surface area contributed by atoms with Crippen molar-refractivity contribution < 1.29 is 36.3 Å². The standard InChI is InChI=1S/C8H10NO3.CH4O4S/c1-11-8(10)7-5-3-4-6-9(7)12-2;1-5-6(2,3)4/h3-6H,1-2H3;1H3,(H,2,3,4)/q+1;/p-1. The highest BCUT2D eigenvalue weighted by Gasteiger charge is 2.19. The third kappa shape index (κ3) is 6.13. The molecule has 1 aromatic heterocycles. The van der Waals surface area contributed by atoms with Gasteiger partial charge in [-0.05, 0) is 6.07 Å². The molecule has 9 heteroatoms. The van der Waals surface area contributed by atoms with Gasteiger partial charge in [-0.25, -0.2) is 13.2 Å². The molecule has 0 atom stereocenters. The van der Waals surface area contributed by atoms with Crippen LogP contribution >= 0.6 is 0 Å². The molecule has 0 spiro atoms. The number of nitrogens with zero attached hydrogens (tertiary/aromatic N) is 1. The number of carbonyl (C=O) groups is 1. The van der Waals surface area contributed by atoms with E-state index >= 15 is 0 Å². The van der Waals surface area contributed by atoms with Crippen LogP contribution in [0.1, 0.15) is 10.5 Å². The predicted octanol–water partition coefficient (Wildman–Crippen LogP) is -1.09. The first-order valence-corrected chi connectivity index (χ1v) is 5.84. The van der Waals surface area contributed by atoms with Gasteiger partial charge in [-0.3, -0.25) is 9.02 Å². The van der Waals surface area contributed by atoms with Crippen molar-refractivity contribution in [3.8, 4) is 0 Å². The quantitative estimate of drug-likeness (QED) is 0.299. The molecule has 1 rings (SSSR count). The fourth-order valence-corrected chi connectivity index (χ4v) is 0.850. The summed E-state index contributed by atoms with van der Waals surface area (Å²) in [6.45, 7) is 0. The maximum absolute atomic E-state index is 11.1. The van der Waals surface area contributed by atoms with Crippen LogP contribution in [0.4, 0.5) is 0 Å². The number of aromatic nitrogens is 1. The lowest BCUT2D eigenvalue weighted by molar-refractivity contribution is -0.887. The summed E-state index contributed by atoms with van der Waals surface area (Å²) in [4.78, 5) is 16.0. The highest BCUT2D eigenvalue weighted by atomic mass is 32.3. The molecular weight excluding hydrogens is 266 g/mol. The maximum atomic E-state index is 11.1. The smallest absolute Gasteiger partial charge is 0.408 e. The van der Waals surface area contributed by atoms with E-state index in [1.165, 1.54) is 19.0 Å². The number of hydrogen-bond acceptors (Lipinski definition) is 7. The molecule has 0 N–H and O–H groups in total. The Labute approximate surface area is 105 Å². The van der Waals surface area contributed by atoms with Crippen molar-refractivity contribution in [2.24, 2.45) is 0 Å². The summed E-state index contributed by atoms with van der Waals surface area (Å²) in [6.07, 6.45) is 1.63. The van der Waals surface area contributed by atoms with E-state index in [1.807, 2.05) is 0 Å². The third-order valence-electron chi connectivity index (χ3n) is 1.62. The van der Waals surface area contributed by atoms with Gasteiger partial charge in [0.05, 0.1) is 14.2 Å². The first-order chi connectivity index (χ1) is 8.35. The van der Waals surface area contributed by atoms with Gasteiger partial charge in [-0.15, -0.1) is 0 Å². The molecule has 0 unspecified atom stereocenters. The molecule has 102 valence electrons. The Morgan fingerprint density at radius 2 is 1.83 bits per heavy atom. The Morgan fingerprint density at radius 3 is 2.22 bits per heavy atom. The van der Waals surface area contributed by atoms with Crippen molar-refractivity contribution in [1.29, 1.82) is 0 Å². The lowest BCUT2D eigenvalue weighted by atomic mass is 10.3. The average molecular weight is 279 g/mol. The molecule has 0 aliphatic heterocycles. The largest absolute Gasteiger partial charge is 0.726 e. The number of hydrogen-bond donors (Lipinski definition) is 0. The molecule has 8 nitrogen and oxygen atoms in total. The summed E-state index contributed by atoms with van der Waals surface area (Å²) in [5, 5.41) is 0. The molecule has 0 aliphatic carbocycles. The van der Waals surface area contributed by atoms with E-state index in [2.05, 4.69) is 8.92 Å². The molecule has 0 bridgehead atoms. The van der Waals surface area contributed by atoms with E-state index in [-0.39, 0.29) is 0 Å². The minimum atomic E-state index is -4.41. The van der Waals surface area contributed by atoms with Crippen LogP contribution in [-0.4, -0.2) is 40.3 Å². The number of pyridine rings is 1. The Bertz CT molecular complexity index is 485. The van der Waals surface area contributed by atoms with Crippen molar-refractivity contribution in [2.45, 2.75) is 0 Å². The monoisotopic (exact) mass is 279 g/mol. The van der Waals surface area contributed by atoms with E-state index in [0.29, 0.717) is 5.69 Å². The van der Waals surface area contributed by atoms with Crippen LogP contribution in [-0.2, 0) is 19.3 Å². The highest BCUT2D eigenvalue weighted by Crippen LogP contribution is 1.92. The lowest BCUT2D eigenvalue weighted by Gasteiger charge is -1.98. The number of carbonyl (C=O) groups excluding carboxylic acids is 1. The Hall–Kier alpha value is -1.71. The Morgan fingerprint density at radius 1 is 1.28 bits per heavy atom. The summed E-state index contributed by atoms with van der Waals surface area (Å²) in [6, 6.07) is 5.12. The van der Waals surface area contributed by atoms with E-state index in [9.17, 15) is 17.8 Å². The molecule has 0 amide bonds. The summed E-state index contributed by atoms with van der Waals surface area (Å²) in [5.41, 5.74) is 0.363. The molecule has 0 fully saturated rings. The molecule has 1 aromatic rings. The number of rotatable bonds is 3. The second kappa shape index (κ2) is 7.58. The number of methoxy groups -OCH3 is 1. The summed E-state index contributed by atoms with van der Waals surface area (Å²) in [7, 11) is -0.797. The summed E-state index contributed by atoms with van der Waals surface area (Å²) >= 11 is 0. The molecule has 18 heavy (non-hydrogen) atoms. The first-order valence-electron chi connectivity index (χ1n) is 4.50. The minimum Gasteiger partial charge on any atom is -0.726 e. The Balaban J connectivity index is 0.000000411. The predicted molar refractivity (Wildman–Crippen MR) is 57.2 cm³/mol.